The quantitative estimate of drug-likeness (QED) is 0.432. The minimum Gasteiger partial charge on any atom is -0.320 e. The molecule has 3 aromatic rings. The van der Waals surface area contributed by atoms with Gasteiger partial charge in [0.1, 0.15) is 17.3 Å². The first kappa shape index (κ1) is 24.4. The van der Waals surface area contributed by atoms with Gasteiger partial charge in [0, 0.05) is 11.6 Å². The van der Waals surface area contributed by atoms with Crippen LogP contribution in [-0.2, 0) is 21.4 Å². The van der Waals surface area contributed by atoms with Gasteiger partial charge in [0.25, 0.3) is 0 Å². The number of hydrogen-bond donors (Lipinski definition) is 1. The molecule has 3 aromatic carbocycles. The number of anilines is 1. The summed E-state index contributed by atoms with van der Waals surface area (Å²) in [6, 6.07) is 12.9. The van der Waals surface area contributed by atoms with E-state index in [0.717, 1.165) is 22.5 Å². The van der Waals surface area contributed by atoms with E-state index in [1.165, 1.54) is 36.4 Å². The van der Waals surface area contributed by atoms with E-state index in [4.69, 9.17) is 34.8 Å². The summed E-state index contributed by atoms with van der Waals surface area (Å²) in [4.78, 5) is 12.4. The molecular weight excluding hydrogens is 505 g/mol. The highest BCUT2D eigenvalue weighted by molar-refractivity contribution is 7.89. The molecule has 0 aliphatic heterocycles. The van der Waals surface area contributed by atoms with E-state index in [-0.39, 0.29) is 21.5 Å². The lowest BCUT2D eigenvalue weighted by Gasteiger charge is -2.22. The van der Waals surface area contributed by atoms with E-state index >= 15 is 0 Å². The minimum atomic E-state index is -4.20. The molecule has 0 aliphatic carbocycles. The Hall–Kier alpha value is -2.23. The van der Waals surface area contributed by atoms with Crippen molar-refractivity contribution in [3.63, 3.8) is 0 Å². The summed E-state index contributed by atoms with van der Waals surface area (Å²) in [6.07, 6.45) is 0. The maximum Gasteiger partial charge on any atom is 0.243 e. The Balaban J connectivity index is 1.93. The molecule has 11 heteroatoms. The smallest absolute Gasteiger partial charge is 0.243 e. The average molecular weight is 520 g/mol. The predicted octanol–water partition coefficient (Wildman–Crippen LogP) is 5.75. The van der Waals surface area contributed by atoms with Crippen molar-refractivity contribution in [3.05, 3.63) is 92.9 Å². The Morgan fingerprint density at radius 3 is 2.12 bits per heavy atom. The molecule has 1 N–H and O–H groups in total. The second-order valence-corrected chi connectivity index (χ2v) is 9.81. The molecule has 0 saturated heterocycles. The molecule has 5 nitrogen and oxygen atoms in total. The SMILES string of the molecule is O=C(CN(Cc1ccc(Cl)c(Cl)c1)S(=O)(=O)c1ccc(Cl)cc1)Nc1c(F)cccc1F. The lowest BCUT2D eigenvalue weighted by molar-refractivity contribution is -0.116. The molecule has 0 spiro atoms. The van der Waals surface area contributed by atoms with Crippen LogP contribution in [0.2, 0.25) is 15.1 Å². The molecule has 1 amide bonds. The summed E-state index contributed by atoms with van der Waals surface area (Å²) in [7, 11) is -4.20. The van der Waals surface area contributed by atoms with E-state index in [2.05, 4.69) is 5.32 Å². The van der Waals surface area contributed by atoms with Crippen molar-refractivity contribution in [2.24, 2.45) is 0 Å². The second-order valence-electron chi connectivity index (χ2n) is 6.62. The molecule has 32 heavy (non-hydrogen) atoms. The highest BCUT2D eigenvalue weighted by atomic mass is 35.5. The van der Waals surface area contributed by atoms with Gasteiger partial charge in [0.15, 0.2) is 0 Å². The normalized spacial score (nSPS) is 11.6. The maximum atomic E-state index is 13.9. The third-order valence-corrected chi connectivity index (χ3v) is 7.14. The Kier molecular flexibility index (Phi) is 7.74. The number of benzene rings is 3. The van der Waals surface area contributed by atoms with Gasteiger partial charge in [-0.3, -0.25) is 4.79 Å². The van der Waals surface area contributed by atoms with E-state index in [1.807, 2.05) is 0 Å². The van der Waals surface area contributed by atoms with Gasteiger partial charge >= 0.3 is 0 Å². The van der Waals surface area contributed by atoms with Crippen molar-refractivity contribution in [2.75, 3.05) is 11.9 Å². The highest BCUT2D eigenvalue weighted by Gasteiger charge is 2.28. The van der Waals surface area contributed by atoms with Gasteiger partial charge in [-0.2, -0.15) is 4.31 Å². The van der Waals surface area contributed by atoms with E-state index in [0.29, 0.717) is 10.6 Å². The number of sulfonamides is 1. The largest absolute Gasteiger partial charge is 0.320 e. The zero-order valence-corrected chi connectivity index (χ0v) is 19.2. The van der Waals surface area contributed by atoms with Crippen molar-refractivity contribution in [1.82, 2.24) is 4.31 Å². The monoisotopic (exact) mass is 518 g/mol. The van der Waals surface area contributed by atoms with E-state index in [9.17, 15) is 22.0 Å². The lowest BCUT2D eigenvalue weighted by atomic mass is 10.2. The molecule has 0 saturated carbocycles. The van der Waals surface area contributed by atoms with Crippen LogP contribution >= 0.6 is 34.8 Å². The molecule has 0 fully saturated rings. The number of para-hydroxylation sites is 1. The topological polar surface area (TPSA) is 66.5 Å². The van der Waals surface area contributed by atoms with Gasteiger partial charge in [0.05, 0.1) is 21.5 Å². The van der Waals surface area contributed by atoms with Crippen molar-refractivity contribution in [1.29, 1.82) is 0 Å². The number of nitrogens with one attached hydrogen (secondary N) is 1. The van der Waals surface area contributed by atoms with Crippen LogP contribution in [0.15, 0.2) is 65.6 Å². The molecule has 168 valence electrons. The summed E-state index contributed by atoms with van der Waals surface area (Å²) in [5, 5.41) is 2.88. The fraction of sp³-hybridized carbons (Fsp3) is 0.0952. The second kappa shape index (κ2) is 10.1. The molecule has 0 radical (unpaired) electrons. The molecule has 0 unspecified atom stereocenters. The third-order valence-electron chi connectivity index (χ3n) is 4.34. The first-order valence-electron chi connectivity index (χ1n) is 9.01. The van der Waals surface area contributed by atoms with Crippen molar-refractivity contribution in [3.8, 4) is 0 Å². The lowest BCUT2D eigenvalue weighted by Crippen LogP contribution is -2.37. The number of halogens is 5. The summed E-state index contributed by atoms with van der Waals surface area (Å²) < 4.78 is 55.1. The molecule has 0 bridgehead atoms. The average Bonchev–Trinajstić information content (AvgIpc) is 2.73. The van der Waals surface area contributed by atoms with Crippen molar-refractivity contribution in [2.45, 2.75) is 11.4 Å². The third kappa shape index (κ3) is 5.76. The highest BCUT2D eigenvalue weighted by Crippen LogP contribution is 2.26. The van der Waals surface area contributed by atoms with Crippen molar-refractivity contribution >= 4 is 56.4 Å². The molecule has 0 atom stereocenters. The number of nitrogens with zero attached hydrogens (tertiary/aromatic N) is 1. The Morgan fingerprint density at radius 1 is 0.906 bits per heavy atom. The Bertz CT molecular complexity index is 1240. The van der Waals surface area contributed by atoms with Crippen LogP contribution in [-0.4, -0.2) is 25.2 Å². The zero-order valence-electron chi connectivity index (χ0n) is 16.2. The minimum absolute atomic E-state index is 0.119. The molecular formula is C21H15Cl3F2N2O3S. The first-order valence-corrected chi connectivity index (χ1v) is 11.6. The Morgan fingerprint density at radius 2 is 1.53 bits per heavy atom. The fourth-order valence-corrected chi connectivity index (χ4v) is 4.61. The molecule has 0 aliphatic rings. The van der Waals surface area contributed by atoms with Crippen LogP contribution in [0.5, 0.6) is 0 Å². The zero-order chi connectivity index (χ0) is 23.5. The van der Waals surface area contributed by atoms with Crippen LogP contribution in [0.25, 0.3) is 0 Å². The Labute approximate surface area is 198 Å². The first-order chi connectivity index (χ1) is 15.1. The summed E-state index contributed by atoms with van der Waals surface area (Å²) in [5.41, 5.74) is -0.224. The van der Waals surface area contributed by atoms with Crippen LogP contribution in [0.1, 0.15) is 5.56 Å². The van der Waals surface area contributed by atoms with Crippen LogP contribution in [0, 0.1) is 11.6 Å². The van der Waals surface area contributed by atoms with Gasteiger partial charge < -0.3 is 5.32 Å². The van der Waals surface area contributed by atoms with Crippen LogP contribution in [0.3, 0.4) is 0 Å². The van der Waals surface area contributed by atoms with Gasteiger partial charge in [-0.25, -0.2) is 17.2 Å². The molecule has 3 rings (SSSR count). The summed E-state index contributed by atoms with van der Waals surface area (Å²) >= 11 is 17.8. The molecule has 0 heterocycles. The van der Waals surface area contributed by atoms with Gasteiger partial charge in [-0.05, 0) is 54.1 Å². The van der Waals surface area contributed by atoms with Gasteiger partial charge in [-0.15, -0.1) is 0 Å². The van der Waals surface area contributed by atoms with Crippen LogP contribution < -0.4 is 5.32 Å². The van der Waals surface area contributed by atoms with E-state index < -0.39 is 39.8 Å². The van der Waals surface area contributed by atoms with Crippen LogP contribution in [0.4, 0.5) is 14.5 Å². The summed E-state index contributed by atoms with van der Waals surface area (Å²) in [5.74, 6) is -2.92. The van der Waals surface area contributed by atoms with Gasteiger partial charge in [0.2, 0.25) is 15.9 Å². The number of carbonyl (C=O) groups excluding carboxylic acids is 1. The number of hydrogen-bond acceptors (Lipinski definition) is 3. The fourth-order valence-electron chi connectivity index (χ4n) is 2.78. The summed E-state index contributed by atoms with van der Waals surface area (Å²) in [6.45, 7) is -0.978. The van der Waals surface area contributed by atoms with E-state index in [1.54, 1.807) is 6.07 Å². The van der Waals surface area contributed by atoms with Crippen molar-refractivity contribution < 1.29 is 22.0 Å². The predicted molar refractivity (Wildman–Crippen MR) is 120 cm³/mol. The number of carbonyl (C=O) groups is 1. The maximum absolute atomic E-state index is 13.9. The number of rotatable bonds is 7. The number of amides is 1. The standard InChI is InChI=1S/C21H15Cl3F2N2O3S/c22-14-5-7-15(8-6-14)32(30,31)28(11-13-4-9-16(23)17(24)10-13)12-20(29)27-21-18(25)2-1-3-19(21)26/h1-10H,11-12H2,(H,27,29). The molecule has 0 aromatic heterocycles. The van der Waals surface area contributed by atoms with Gasteiger partial charge in [-0.1, -0.05) is 46.9 Å².